The summed E-state index contributed by atoms with van der Waals surface area (Å²) in [5, 5.41) is 3.67. The van der Waals surface area contributed by atoms with E-state index in [1.165, 1.54) is 6.20 Å². The van der Waals surface area contributed by atoms with Crippen LogP contribution >= 0.6 is 11.6 Å². The van der Waals surface area contributed by atoms with Crippen LogP contribution in [0.3, 0.4) is 0 Å². The Hall–Kier alpha value is -2.99. The van der Waals surface area contributed by atoms with Crippen molar-refractivity contribution in [3.63, 3.8) is 0 Å². The first-order valence-corrected chi connectivity index (χ1v) is 7.85. The van der Waals surface area contributed by atoms with Gasteiger partial charge in [0.05, 0.1) is 16.1 Å². The minimum atomic E-state index is -0.582. The van der Waals surface area contributed by atoms with Crippen LogP contribution in [0.4, 0.5) is 5.82 Å². The zero-order valence-corrected chi connectivity index (χ0v) is 14.1. The van der Waals surface area contributed by atoms with Gasteiger partial charge in [0, 0.05) is 17.3 Å². The van der Waals surface area contributed by atoms with Gasteiger partial charge < -0.3 is 10.1 Å². The molecule has 0 aliphatic carbocycles. The predicted octanol–water partition coefficient (Wildman–Crippen LogP) is 3.39. The number of hydrogen-bond donors (Lipinski definition) is 1. The van der Waals surface area contributed by atoms with Crippen LogP contribution in [0, 0.1) is 6.92 Å². The largest absolute Gasteiger partial charge is 0.452 e. The Bertz CT molecular complexity index is 942. The predicted molar refractivity (Wildman–Crippen MR) is 94.6 cm³/mol. The summed E-state index contributed by atoms with van der Waals surface area (Å²) in [6.45, 7) is 1.38. The Kier molecular flexibility index (Phi) is 4.90. The standard InChI is InChI=1S/C18H14ClN3O3/c1-11-8-14(13-4-2-3-5-15(13)21-11)18(24)25-10-17(23)22-16-7-6-12(19)9-20-16/h2-9H,10H2,1H3,(H,20,22,23). The lowest BCUT2D eigenvalue weighted by atomic mass is 10.1. The summed E-state index contributed by atoms with van der Waals surface area (Å²) in [4.78, 5) is 32.6. The number of hydrogen-bond acceptors (Lipinski definition) is 5. The fourth-order valence-corrected chi connectivity index (χ4v) is 2.43. The van der Waals surface area contributed by atoms with Crippen LogP contribution in [-0.4, -0.2) is 28.5 Å². The number of halogens is 1. The lowest BCUT2D eigenvalue weighted by molar-refractivity contribution is -0.119. The highest BCUT2D eigenvalue weighted by Crippen LogP contribution is 2.19. The molecule has 0 spiro atoms. The molecule has 1 aromatic carbocycles. The highest BCUT2D eigenvalue weighted by Gasteiger charge is 2.15. The molecule has 0 unspecified atom stereocenters. The van der Waals surface area contributed by atoms with E-state index in [4.69, 9.17) is 16.3 Å². The van der Waals surface area contributed by atoms with Crippen LogP contribution in [0.2, 0.25) is 5.02 Å². The van der Waals surface area contributed by atoms with Crippen LogP contribution in [0.15, 0.2) is 48.7 Å². The lowest BCUT2D eigenvalue weighted by Gasteiger charge is -2.09. The number of pyridine rings is 2. The molecule has 6 nitrogen and oxygen atoms in total. The van der Waals surface area contributed by atoms with Crippen LogP contribution < -0.4 is 5.32 Å². The van der Waals surface area contributed by atoms with Crippen LogP contribution in [0.25, 0.3) is 10.9 Å². The third-order valence-corrected chi connectivity index (χ3v) is 3.62. The minimum Gasteiger partial charge on any atom is -0.452 e. The molecule has 2 heterocycles. The molecule has 1 N–H and O–H groups in total. The molecule has 0 atom stereocenters. The Balaban J connectivity index is 1.68. The van der Waals surface area contributed by atoms with E-state index in [1.54, 1.807) is 31.2 Å². The number of aromatic nitrogens is 2. The highest BCUT2D eigenvalue weighted by atomic mass is 35.5. The van der Waals surface area contributed by atoms with E-state index in [1.807, 2.05) is 18.2 Å². The van der Waals surface area contributed by atoms with Gasteiger partial charge in [-0.05, 0) is 31.2 Å². The van der Waals surface area contributed by atoms with E-state index in [-0.39, 0.29) is 0 Å². The quantitative estimate of drug-likeness (QED) is 0.725. The summed E-state index contributed by atoms with van der Waals surface area (Å²) < 4.78 is 5.12. The number of fused-ring (bicyclic) bond motifs is 1. The zero-order chi connectivity index (χ0) is 17.8. The van der Waals surface area contributed by atoms with Gasteiger partial charge in [0.2, 0.25) is 0 Å². The van der Waals surface area contributed by atoms with Crippen molar-refractivity contribution in [2.24, 2.45) is 0 Å². The van der Waals surface area contributed by atoms with Gasteiger partial charge in [0.15, 0.2) is 6.61 Å². The van der Waals surface area contributed by atoms with Crippen molar-refractivity contribution in [1.82, 2.24) is 9.97 Å². The molecule has 0 bridgehead atoms. The van der Waals surface area contributed by atoms with Crippen molar-refractivity contribution in [2.75, 3.05) is 11.9 Å². The number of anilines is 1. The van der Waals surface area contributed by atoms with Gasteiger partial charge in [0.1, 0.15) is 5.82 Å². The first-order valence-electron chi connectivity index (χ1n) is 7.48. The first kappa shape index (κ1) is 16.9. The summed E-state index contributed by atoms with van der Waals surface area (Å²) in [7, 11) is 0. The summed E-state index contributed by atoms with van der Waals surface area (Å²) in [5.74, 6) is -0.741. The van der Waals surface area contributed by atoms with E-state index in [2.05, 4.69) is 15.3 Å². The van der Waals surface area contributed by atoms with E-state index in [0.29, 0.717) is 33.0 Å². The van der Waals surface area contributed by atoms with Crippen molar-refractivity contribution in [3.8, 4) is 0 Å². The lowest BCUT2D eigenvalue weighted by Crippen LogP contribution is -2.21. The summed E-state index contributed by atoms with van der Waals surface area (Å²) in [6.07, 6.45) is 1.41. The van der Waals surface area contributed by atoms with Gasteiger partial charge in [-0.15, -0.1) is 0 Å². The molecule has 25 heavy (non-hydrogen) atoms. The maximum Gasteiger partial charge on any atom is 0.339 e. The number of esters is 1. The van der Waals surface area contributed by atoms with Gasteiger partial charge in [-0.1, -0.05) is 29.8 Å². The highest BCUT2D eigenvalue weighted by molar-refractivity contribution is 6.30. The number of nitrogens with zero attached hydrogens (tertiary/aromatic N) is 2. The molecule has 3 aromatic rings. The molecule has 0 saturated carbocycles. The second-order valence-corrected chi connectivity index (χ2v) is 5.75. The van der Waals surface area contributed by atoms with Gasteiger partial charge >= 0.3 is 5.97 Å². The fraction of sp³-hybridized carbons (Fsp3) is 0.111. The van der Waals surface area contributed by atoms with Gasteiger partial charge in [-0.2, -0.15) is 0 Å². The molecule has 0 radical (unpaired) electrons. The summed E-state index contributed by atoms with van der Waals surface area (Å²) >= 11 is 5.73. The SMILES string of the molecule is Cc1cc(C(=O)OCC(=O)Nc2ccc(Cl)cn2)c2ccccc2n1. The summed E-state index contributed by atoms with van der Waals surface area (Å²) in [6, 6.07) is 12.1. The maximum absolute atomic E-state index is 12.3. The normalized spacial score (nSPS) is 10.5. The molecule has 0 aliphatic rings. The fourth-order valence-electron chi connectivity index (χ4n) is 2.31. The zero-order valence-electron chi connectivity index (χ0n) is 13.3. The molecule has 0 aliphatic heterocycles. The van der Waals surface area contributed by atoms with Crippen molar-refractivity contribution in [1.29, 1.82) is 0 Å². The Labute approximate surface area is 148 Å². The molecule has 2 aromatic heterocycles. The Morgan fingerprint density at radius 2 is 2.00 bits per heavy atom. The molecule has 3 rings (SSSR count). The number of benzene rings is 1. The van der Waals surface area contributed by atoms with Crippen LogP contribution in [0.1, 0.15) is 16.1 Å². The number of carbonyl (C=O) groups excluding carboxylic acids is 2. The van der Waals surface area contributed by atoms with Gasteiger partial charge in [-0.3, -0.25) is 9.78 Å². The summed E-state index contributed by atoms with van der Waals surface area (Å²) in [5.41, 5.74) is 1.77. The van der Waals surface area contributed by atoms with Gasteiger partial charge in [-0.25, -0.2) is 9.78 Å². The Morgan fingerprint density at radius 1 is 1.20 bits per heavy atom. The number of aryl methyl sites for hydroxylation is 1. The van der Waals surface area contributed by atoms with Gasteiger partial charge in [0.25, 0.3) is 5.91 Å². The van der Waals surface area contributed by atoms with E-state index in [9.17, 15) is 9.59 Å². The number of amides is 1. The van der Waals surface area contributed by atoms with Crippen molar-refractivity contribution in [3.05, 3.63) is 64.9 Å². The molecular weight excluding hydrogens is 342 g/mol. The van der Waals surface area contributed by atoms with E-state index < -0.39 is 18.5 Å². The second kappa shape index (κ2) is 7.27. The van der Waals surface area contributed by atoms with Crippen LogP contribution in [-0.2, 0) is 9.53 Å². The van der Waals surface area contributed by atoms with Crippen molar-refractivity contribution in [2.45, 2.75) is 6.92 Å². The number of para-hydroxylation sites is 1. The number of rotatable bonds is 4. The monoisotopic (exact) mass is 355 g/mol. The maximum atomic E-state index is 12.3. The number of nitrogens with one attached hydrogen (secondary N) is 1. The Morgan fingerprint density at radius 3 is 2.76 bits per heavy atom. The van der Waals surface area contributed by atoms with Crippen LogP contribution in [0.5, 0.6) is 0 Å². The van der Waals surface area contributed by atoms with Crippen molar-refractivity contribution < 1.29 is 14.3 Å². The third-order valence-electron chi connectivity index (χ3n) is 3.39. The molecule has 7 heteroatoms. The molecular formula is C18H14ClN3O3. The topological polar surface area (TPSA) is 81.2 Å². The smallest absolute Gasteiger partial charge is 0.339 e. The minimum absolute atomic E-state index is 0.329. The number of ether oxygens (including phenoxy) is 1. The van der Waals surface area contributed by atoms with Crippen molar-refractivity contribution >= 4 is 40.2 Å². The van der Waals surface area contributed by atoms with E-state index in [0.717, 1.165) is 0 Å². The van der Waals surface area contributed by atoms with E-state index >= 15 is 0 Å². The third kappa shape index (κ3) is 4.10. The second-order valence-electron chi connectivity index (χ2n) is 5.31. The first-order chi connectivity index (χ1) is 12.0. The molecule has 126 valence electrons. The number of carbonyl (C=O) groups is 2. The average Bonchev–Trinajstić information content (AvgIpc) is 2.61. The molecule has 0 fully saturated rings. The average molecular weight is 356 g/mol. The molecule has 1 amide bonds. The molecule has 0 saturated heterocycles.